The van der Waals surface area contributed by atoms with Crippen LogP contribution in [0.25, 0.3) is 5.69 Å². The number of ether oxygens (including phenoxy) is 1. The highest BCUT2D eigenvalue weighted by molar-refractivity contribution is 6.10. The number of aromatic nitrogens is 2. The Kier molecular flexibility index (Phi) is 7.66. The average Bonchev–Trinajstić information content (AvgIpc) is 3.43. The minimum absolute atomic E-state index is 0.0911. The molecule has 0 aliphatic carbocycles. The van der Waals surface area contributed by atoms with Gasteiger partial charge in [-0.2, -0.15) is 5.10 Å². The number of para-hydroxylation sites is 3. The van der Waals surface area contributed by atoms with Crippen molar-refractivity contribution in [2.24, 2.45) is 0 Å². The molecule has 0 radical (unpaired) electrons. The molecule has 1 aliphatic rings. The Bertz CT molecular complexity index is 1680. The topological polar surface area (TPSA) is 67.7 Å². The molecule has 0 bridgehead atoms. The number of carbonyl (C=O) groups is 2. The van der Waals surface area contributed by atoms with Gasteiger partial charge >= 0.3 is 0 Å². The number of fused-ring (bicyclic) bond motifs is 1. The molecule has 6 rings (SSSR count). The largest absolute Gasteiger partial charge is 0.383 e. The van der Waals surface area contributed by atoms with E-state index in [1.54, 1.807) is 22.8 Å². The van der Waals surface area contributed by atoms with Crippen LogP contribution in [0.4, 0.5) is 11.4 Å². The number of nitrogens with zero attached hydrogens (tertiary/aromatic N) is 4. The van der Waals surface area contributed by atoms with E-state index in [9.17, 15) is 9.59 Å². The van der Waals surface area contributed by atoms with Crippen LogP contribution >= 0.6 is 0 Å². The lowest BCUT2D eigenvalue weighted by molar-refractivity contribution is 0.0477. The van der Waals surface area contributed by atoms with E-state index in [1.165, 1.54) is 5.56 Å². The highest BCUT2D eigenvalue weighted by Crippen LogP contribution is 2.30. The van der Waals surface area contributed by atoms with E-state index in [4.69, 9.17) is 9.84 Å². The molecule has 2 amide bonds. The molecule has 1 atom stereocenters. The van der Waals surface area contributed by atoms with Gasteiger partial charge in [-0.05, 0) is 66.9 Å². The zero-order valence-electron chi connectivity index (χ0n) is 23.7. The molecule has 4 aromatic carbocycles. The molecule has 1 aromatic heterocycles. The molecule has 1 unspecified atom stereocenters. The molecule has 5 aromatic rings. The van der Waals surface area contributed by atoms with Gasteiger partial charge in [0.15, 0.2) is 5.69 Å². The number of carbonyl (C=O) groups excluding carboxylic acids is 2. The first-order valence-corrected chi connectivity index (χ1v) is 14.0. The first-order valence-electron chi connectivity index (χ1n) is 14.0. The summed E-state index contributed by atoms with van der Waals surface area (Å²) in [6.07, 6.45) is 0.728. The van der Waals surface area contributed by atoms with Gasteiger partial charge in [0, 0.05) is 30.7 Å². The number of anilines is 2. The fraction of sp³-hybridized carbons (Fsp3) is 0.171. The number of benzene rings is 4. The van der Waals surface area contributed by atoms with Crippen LogP contribution in [0, 0.1) is 6.92 Å². The Hall–Kier alpha value is -5.01. The summed E-state index contributed by atoms with van der Waals surface area (Å²) in [5.41, 5.74) is 6.04. The number of hydrogen-bond acceptors (Lipinski definition) is 4. The van der Waals surface area contributed by atoms with E-state index < -0.39 is 0 Å². The summed E-state index contributed by atoms with van der Waals surface area (Å²) in [5, 5.41) is 4.76. The van der Waals surface area contributed by atoms with E-state index in [0.717, 1.165) is 29.1 Å². The Morgan fingerprint density at radius 1 is 0.833 bits per heavy atom. The summed E-state index contributed by atoms with van der Waals surface area (Å²) < 4.78 is 7.21. The smallest absolute Gasteiger partial charge is 0.283 e. The van der Waals surface area contributed by atoms with Gasteiger partial charge in [0.1, 0.15) is 0 Å². The fourth-order valence-corrected chi connectivity index (χ4v) is 5.64. The van der Waals surface area contributed by atoms with Crippen molar-refractivity contribution in [2.45, 2.75) is 25.9 Å². The lowest BCUT2D eigenvalue weighted by atomic mass is 9.93. The Balaban J connectivity index is 1.36. The quantitative estimate of drug-likeness (QED) is 0.234. The summed E-state index contributed by atoms with van der Waals surface area (Å²) in [7, 11) is 1.66. The summed E-state index contributed by atoms with van der Waals surface area (Å²) >= 11 is 0. The SMILES string of the molecule is COCC1Cc2ccccc2CN1C(=O)c1ccccc1-n1nc(C(=O)N(c2ccccc2)c2ccccc2)cc1C. The minimum atomic E-state index is -0.258. The maximum atomic E-state index is 14.2. The molecule has 1 aliphatic heterocycles. The molecule has 7 nitrogen and oxygen atoms in total. The number of aryl methyl sites for hydroxylation is 1. The van der Waals surface area contributed by atoms with E-state index in [2.05, 4.69) is 12.1 Å². The average molecular weight is 557 g/mol. The molecule has 0 spiro atoms. The van der Waals surface area contributed by atoms with Crippen LogP contribution in [-0.4, -0.2) is 46.3 Å². The standard InChI is InChI=1S/C35H32N4O3/c1-25-21-32(35(41)38(28-15-5-3-6-16-28)29-17-7-4-8-18-29)36-39(25)33-20-12-11-19-31(33)34(40)37-23-27-14-10-9-13-26(27)22-30(37)24-42-2/h3-21,30H,22-24H2,1-2H3. The molecule has 0 fully saturated rings. The van der Waals surface area contributed by atoms with Gasteiger partial charge in [-0.3, -0.25) is 14.5 Å². The molecule has 7 heteroatoms. The maximum Gasteiger partial charge on any atom is 0.283 e. The van der Waals surface area contributed by atoms with Crippen molar-refractivity contribution in [3.8, 4) is 5.69 Å². The molecule has 210 valence electrons. The summed E-state index contributed by atoms with van der Waals surface area (Å²) in [6.45, 7) is 2.84. The van der Waals surface area contributed by atoms with E-state index >= 15 is 0 Å². The molecular weight excluding hydrogens is 524 g/mol. The van der Waals surface area contributed by atoms with Crippen molar-refractivity contribution >= 4 is 23.2 Å². The van der Waals surface area contributed by atoms with Crippen LogP contribution in [0.5, 0.6) is 0 Å². The van der Waals surface area contributed by atoms with Gasteiger partial charge in [0.2, 0.25) is 0 Å². The van der Waals surface area contributed by atoms with Gasteiger partial charge < -0.3 is 9.64 Å². The van der Waals surface area contributed by atoms with Crippen molar-refractivity contribution < 1.29 is 14.3 Å². The van der Waals surface area contributed by atoms with Gasteiger partial charge in [0.05, 0.1) is 23.9 Å². The second-order valence-corrected chi connectivity index (χ2v) is 10.4. The second kappa shape index (κ2) is 11.8. The zero-order chi connectivity index (χ0) is 29.1. The highest BCUT2D eigenvalue weighted by Gasteiger charge is 2.32. The van der Waals surface area contributed by atoms with Gasteiger partial charge in [-0.25, -0.2) is 4.68 Å². The van der Waals surface area contributed by atoms with Gasteiger partial charge in [-0.1, -0.05) is 72.8 Å². The maximum absolute atomic E-state index is 14.2. The molecule has 2 heterocycles. The van der Waals surface area contributed by atoms with Gasteiger partial charge in [-0.15, -0.1) is 0 Å². The number of amides is 2. The molecule has 0 saturated heterocycles. The van der Waals surface area contributed by atoms with Crippen molar-refractivity contribution in [2.75, 3.05) is 18.6 Å². The minimum Gasteiger partial charge on any atom is -0.383 e. The summed E-state index contributed by atoms with van der Waals surface area (Å²) in [5.74, 6) is -0.356. The predicted octanol–water partition coefficient (Wildman–Crippen LogP) is 6.37. The Morgan fingerprint density at radius 2 is 1.43 bits per heavy atom. The normalized spacial score (nSPS) is 14.3. The number of rotatable bonds is 7. The van der Waals surface area contributed by atoms with Crippen LogP contribution < -0.4 is 4.90 Å². The highest BCUT2D eigenvalue weighted by atomic mass is 16.5. The fourth-order valence-electron chi connectivity index (χ4n) is 5.64. The monoisotopic (exact) mass is 556 g/mol. The third-order valence-electron chi connectivity index (χ3n) is 7.68. The third-order valence-corrected chi connectivity index (χ3v) is 7.68. The van der Waals surface area contributed by atoms with Crippen LogP contribution in [0.15, 0.2) is 115 Å². The molecule has 42 heavy (non-hydrogen) atoms. The van der Waals surface area contributed by atoms with Crippen LogP contribution in [-0.2, 0) is 17.7 Å². The second-order valence-electron chi connectivity index (χ2n) is 10.4. The molecule has 0 N–H and O–H groups in total. The molecule has 0 saturated carbocycles. The van der Waals surface area contributed by atoms with E-state index in [-0.39, 0.29) is 23.6 Å². The lowest BCUT2D eigenvalue weighted by Gasteiger charge is -2.37. The Labute approximate surface area is 245 Å². The third kappa shape index (κ3) is 5.22. The number of hydrogen-bond donors (Lipinski definition) is 0. The lowest BCUT2D eigenvalue weighted by Crippen LogP contribution is -2.46. The van der Waals surface area contributed by atoms with Crippen molar-refractivity contribution in [3.63, 3.8) is 0 Å². The van der Waals surface area contributed by atoms with E-state index in [1.807, 2.05) is 109 Å². The van der Waals surface area contributed by atoms with Gasteiger partial charge in [0.25, 0.3) is 11.8 Å². The van der Waals surface area contributed by atoms with Crippen LogP contribution in [0.2, 0.25) is 0 Å². The first-order chi connectivity index (χ1) is 20.5. The van der Waals surface area contributed by atoms with Crippen LogP contribution in [0.1, 0.15) is 37.7 Å². The zero-order valence-corrected chi connectivity index (χ0v) is 23.7. The summed E-state index contributed by atoms with van der Waals surface area (Å²) in [4.78, 5) is 31.7. The van der Waals surface area contributed by atoms with Crippen molar-refractivity contribution in [3.05, 3.63) is 143 Å². The Morgan fingerprint density at radius 3 is 2.10 bits per heavy atom. The first kappa shape index (κ1) is 27.2. The van der Waals surface area contributed by atoms with Crippen LogP contribution in [0.3, 0.4) is 0 Å². The molecular formula is C35H32N4O3. The predicted molar refractivity (Wildman–Crippen MR) is 163 cm³/mol. The summed E-state index contributed by atoms with van der Waals surface area (Å²) in [6, 6.07) is 36.4. The van der Waals surface area contributed by atoms with E-state index in [0.29, 0.717) is 24.4 Å². The number of methoxy groups -OCH3 is 1. The van der Waals surface area contributed by atoms with Crippen molar-refractivity contribution in [1.29, 1.82) is 0 Å². The van der Waals surface area contributed by atoms with Crippen molar-refractivity contribution in [1.82, 2.24) is 14.7 Å².